The first-order valence-corrected chi connectivity index (χ1v) is 7.75. The fourth-order valence-corrected chi connectivity index (χ4v) is 2.80. The molecule has 1 aliphatic rings. The van der Waals surface area contributed by atoms with Crippen molar-refractivity contribution in [2.45, 2.75) is 13.0 Å². The van der Waals surface area contributed by atoms with Crippen LogP contribution in [0.2, 0.25) is 0 Å². The molecule has 0 radical (unpaired) electrons. The summed E-state index contributed by atoms with van der Waals surface area (Å²) < 4.78 is 0. The molecule has 2 rings (SSSR count). The maximum atomic E-state index is 12.0. The number of likely N-dealkylation sites (tertiary alicyclic amines) is 1. The zero-order valence-electron chi connectivity index (χ0n) is 12.6. The lowest BCUT2D eigenvalue weighted by atomic mass is 10.1. The van der Waals surface area contributed by atoms with Gasteiger partial charge in [0, 0.05) is 30.6 Å². The van der Waals surface area contributed by atoms with Crippen LogP contribution in [0.25, 0.3) is 0 Å². The molecule has 21 heavy (non-hydrogen) atoms. The zero-order valence-corrected chi connectivity index (χ0v) is 13.4. The van der Waals surface area contributed by atoms with Crippen LogP contribution >= 0.6 is 11.3 Å². The van der Waals surface area contributed by atoms with Crippen molar-refractivity contribution in [1.29, 1.82) is 0 Å². The SMILES string of the molecule is Cc1ccc(C(=O)NC2CN(C(=O)/C=C/CN(C)C)C2)s1. The molecule has 1 aliphatic heterocycles. The van der Waals surface area contributed by atoms with Gasteiger partial charge in [-0.15, -0.1) is 11.3 Å². The van der Waals surface area contributed by atoms with Crippen molar-refractivity contribution in [2.24, 2.45) is 0 Å². The smallest absolute Gasteiger partial charge is 0.261 e. The monoisotopic (exact) mass is 307 g/mol. The topological polar surface area (TPSA) is 52.7 Å². The molecule has 1 aromatic rings. The van der Waals surface area contributed by atoms with Crippen molar-refractivity contribution in [2.75, 3.05) is 33.7 Å². The Bertz CT molecular complexity index is 545. The van der Waals surface area contributed by atoms with Crippen molar-refractivity contribution in [1.82, 2.24) is 15.1 Å². The molecule has 1 N–H and O–H groups in total. The lowest BCUT2D eigenvalue weighted by Gasteiger charge is -2.38. The predicted octanol–water partition coefficient (Wildman–Crippen LogP) is 1.11. The Morgan fingerprint density at radius 3 is 2.71 bits per heavy atom. The first kappa shape index (κ1) is 15.7. The second-order valence-corrected chi connectivity index (χ2v) is 6.78. The molecule has 0 aromatic carbocycles. The largest absolute Gasteiger partial charge is 0.345 e. The van der Waals surface area contributed by atoms with Crippen LogP contribution in [0.5, 0.6) is 0 Å². The molecular weight excluding hydrogens is 286 g/mol. The van der Waals surface area contributed by atoms with Crippen LogP contribution in [-0.2, 0) is 4.79 Å². The lowest BCUT2D eigenvalue weighted by molar-refractivity contribution is -0.130. The molecule has 1 fully saturated rings. The third-order valence-electron chi connectivity index (χ3n) is 3.22. The van der Waals surface area contributed by atoms with E-state index >= 15 is 0 Å². The normalized spacial score (nSPS) is 15.5. The van der Waals surface area contributed by atoms with E-state index in [1.807, 2.05) is 44.1 Å². The van der Waals surface area contributed by atoms with E-state index in [1.165, 1.54) is 11.3 Å². The molecule has 6 heteroatoms. The maximum absolute atomic E-state index is 12.0. The number of nitrogens with zero attached hydrogens (tertiary/aromatic N) is 2. The number of rotatable bonds is 5. The van der Waals surface area contributed by atoms with Crippen molar-refractivity contribution < 1.29 is 9.59 Å². The third-order valence-corrected chi connectivity index (χ3v) is 4.22. The average Bonchev–Trinajstić information content (AvgIpc) is 2.79. The summed E-state index contributed by atoms with van der Waals surface area (Å²) in [5.41, 5.74) is 0. The number of amides is 2. The number of aryl methyl sites for hydroxylation is 1. The standard InChI is InChI=1S/C15H21N3O2S/c1-11-6-7-13(21-11)15(20)16-12-9-18(10-12)14(19)5-4-8-17(2)3/h4-7,12H,8-10H2,1-3H3,(H,16,20)/b5-4+. The highest BCUT2D eigenvalue weighted by molar-refractivity contribution is 7.13. The number of carbonyl (C=O) groups excluding carboxylic acids is 2. The van der Waals surface area contributed by atoms with Gasteiger partial charge < -0.3 is 15.1 Å². The number of likely N-dealkylation sites (N-methyl/N-ethyl adjacent to an activating group) is 1. The van der Waals surface area contributed by atoms with E-state index in [1.54, 1.807) is 11.0 Å². The number of thiophene rings is 1. The van der Waals surface area contributed by atoms with Gasteiger partial charge in [-0.3, -0.25) is 9.59 Å². The number of nitrogens with one attached hydrogen (secondary N) is 1. The zero-order chi connectivity index (χ0) is 15.4. The Hall–Kier alpha value is -1.66. The predicted molar refractivity (Wildman–Crippen MR) is 84.6 cm³/mol. The minimum atomic E-state index is -0.0478. The number of hydrogen-bond donors (Lipinski definition) is 1. The third kappa shape index (κ3) is 4.41. The highest BCUT2D eigenvalue weighted by Crippen LogP contribution is 2.16. The van der Waals surface area contributed by atoms with Gasteiger partial charge in [0.25, 0.3) is 5.91 Å². The Morgan fingerprint density at radius 1 is 1.43 bits per heavy atom. The minimum Gasteiger partial charge on any atom is -0.345 e. The second-order valence-electron chi connectivity index (χ2n) is 5.49. The minimum absolute atomic E-state index is 0.00863. The van der Waals surface area contributed by atoms with Gasteiger partial charge >= 0.3 is 0 Å². The van der Waals surface area contributed by atoms with Crippen LogP contribution in [0, 0.1) is 6.92 Å². The molecule has 0 unspecified atom stereocenters. The molecule has 5 nitrogen and oxygen atoms in total. The lowest BCUT2D eigenvalue weighted by Crippen LogP contribution is -2.60. The Morgan fingerprint density at radius 2 is 2.14 bits per heavy atom. The van der Waals surface area contributed by atoms with E-state index in [9.17, 15) is 9.59 Å². The van der Waals surface area contributed by atoms with Gasteiger partial charge in [0.15, 0.2) is 0 Å². The van der Waals surface area contributed by atoms with E-state index in [2.05, 4.69) is 5.32 Å². The second kappa shape index (κ2) is 6.87. The summed E-state index contributed by atoms with van der Waals surface area (Å²) in [7, 11) is 3.91. The van der Waals surface area contributed by atoms with Gasteiger partial charge in [0.2, 0.25) is 5.91 Å². The average molecular weight is 307 g/mol. The van der Waals surface area contributed by atoms with Crippen molar-refractivity contribution in [3.05, 3.63) is 34.0 Å². The number of carbonyl (C=O) groups is 2. The van der Waals surface area contributed by atoms with E-state index in [-0.39, 0.29) is 17.9 Å². The summed E-state index contributed by atoms with van der Waals surface area (Å²) in [5, 5.41) is 2.95. The van der Waals surface area contributed by atoms with Crippen molar-refractivity contribution in [3.63, 3.8) is 0 Å². The quantitative estimate of drug-likeness (QED) is 0.829. The summed E-state index contributed by atoms with van der Waals surface area (Å²) >= 11 is 1.48. The maximum Gasteiger partial charge on any atom is 0.261 e. The molecule has 0 atom stereocenters. The van der Waals surface area contributed by atoms with Gasteiger partial charge in [-0.2, -0.15) is 0 Å². The van der Waals surface area contributed by atoms with E-state index in [4.69, 9.17) is 0 Å². The Balaban J connectivity index is 1.73. The van der Waals surface area contributed by atoms with E-state index < -0.39 is 0 Å². The highest BCUT2D eigenvalue weighted by atomic mass is 32.1. The molecule has 1 aromatic heterocycles. The van der Waals surface area contributed by atoms with Gasteiger partial charge in [-0.1, -0.05) is 6.08 Å². The Kier molecular flexibility index (Phi) is 5.14. The fraction of sp³-hybridized carbons (Fsp3) is 0.467. The van der Waals surface area contributed by atoms with Crippen LogP contribution in [-0.4, -0.2) is 61.4 Å². The molecule has 0 saturated carbocycles. The van der Waals surface area contributed by atoms with Crippen molar-refractivity contribution in [3.8, 4) is 0 Å². The van der Waals surface area contributed by atoms with Crippen molar-refractivity contribution >= 4 is 23.2 Å². The van der Waals surface area contributed by atoms with Crippen LogP contribution in [0.15, 0.2) is 24.3 Å². The molecule has 0 spiro atoms. The first-order valence-electron chi connectivity index (χ1n) is 6.93. The van der Waals surface area contributed by atoms with Gasteiger partial charge in [0.1, 0.15) is 0 Å². The molecule has 1 saturated heterocycles. The molecule has 0 aliphatic carbocycles. The molecule has 0 bridgehead atoms. The van der Waals surface area contributed by atoms with Crippen LogP contribution < -0.4 is 5.32 Å². The first-order chi connectivity index (χ1) is 9.95. The van der Waals surface area contributed by atoms with Crippen LogP contribution in [0.1, 0.15) is 14.5 Å². The number of hydrogen-bond acceptors (Lipinski definition) is 4. The molecule has 2 amide bonds. The summed E-state index contributed by atoms with van der Waals surface area (Å²) in [6.45, 7) is 3.89. The van der Waals surface area contributed by atoms with E-state index in [0.717, 1.165) is 16.3 Å². The molecule has 2 heterocycles. The summed E-state index contributed by atoms with van der Waals surface area (Å²) in [6, 6.07) is 3.83. The fourth-order valence-electron chi connectivity index (χ4n) is 2.03. The summed E-state index contributed by atoms with van der Waals surface area (Å²) in [5.74, 6) is -0.0392. The highest BCUT2D eigenvalue weighted by Gasteiger charge is 2.30. The Labute approximate surface area is 129 Å². The molecular formula is C15H21N3O2S. The van der Waals surface area contributed by atoms with Crippen LogP contribution in [0.3, 0.4) is 0 Å². The van der Waals surface area contributed by atoms with Gasteiger partial charge in [0.05, 0.1) is 10.9 Å². The van der Waals surface area contributed by atoms with Gasteiger partial charge in [-0.25, -0.2) is 0 Å². The van der Waals surface area contributed by atoms with Gasteiger partial charge in [-0.05, 0) is 33.2 Å². The van der Waals surface area contributed by atoms with Crippen LogP contribution in [0.4, 0.5) is 0 Å². The van der Waals surface area contributed by atoms with E-state index in [0.29, 0.717) is 13.1 Å². The summed E-state index contributed by atoms with van der Waals surface area (Å²) in [6.07, 6.45) is 3.45. The summed E-state index contributed by atoms with van der Waals surface area (Å²) in [4.78, 5) is 29.4. The molecule has 114 valence electrons.